The number of nitrogens with one attached hydrogen (secondary N) is 2. The van der Waals surface area contributed by atoms with Crippen molar-refractivity contribution in [2.24, 2.45) is 11.7 Å². The predicted molar refractivity (Wildman–Crippen MR) is 81.7 cm³/mol. The maximum Gasteiger partial charge on any atom is 0.150 e. The minimum absolute atomic E-state index is 0.370. The molecule has 4 nitrogen and oxygen atoms in total. The van der Waals surface area contributed by atoms with Crippen LogP contribution >= 0.6 is 11.6 Å². The summed E-state index contributed by atoms with van der Waals surface area (Å²) in [6.45, 7) is 2.04. The molecule has 1 saturated heterocycles. The van der Waals surface area contributed by atoms with Crippen LogP contribution in [-0.2, 0) is 0 Å². The highest BCUT2D eigenvalue weighted by molar-refractivity contribution is 6.31. The summed E-state index contributed by atoms with van der Waals surface area (Å²) in [4.78, 5) is 10.5. The molecule has 20 heavy (non-hydrogen) atoms. The molecule has 1 aliphatic carbocycles. The summed E-state index contributed by atoms with van der Waals surface area (Å²) < 4.78 is 0. The van der Waals surface area contributed by atoms with E-state index in [1.165, 1.54) is 0 Å². The van der Waals surface area contributed by atoms with Crippen LogP contribution in [0.3, 0.4) is 0 Å². The summed E-state index contributed by atoms with van der Waals surface area (Å²) in [7, 11) is 0. The zero-order chi connectivity index (χ0) is 14.5. The van der Waals surface area contributed by atoms with Gasteiger partial charge in [-0.1, -0.05) is 23.7 Å². The quantitative estimate of drug-likeness (QED) is 0.455. The molecule has 108 valence electrons. The lowest BCUT2D eigenvalue weighted by Gasteiger charge is -2.10. The van der Waals surface area contributed by atoms with Crippen molar-refractivity contribution in [2.75, 3.05) is 13.1 Å². The van der Waals surface area contributed by atoms with E-state index in [0.29, 0.717) is 28.3 Å². The van der Waals surface area contributed by atoms with Gasteiger partial charge in [-0.3, -0.25) is 10.2 Å². The molecule has 4 N–H and O–H groups in total. The number of carbonyl (C=O) groups is 1. The van der Waals surface area contributed by atoms with Gasteiger partial charge in [0.25, 0.3) is 0 Å². The van der Waals surface area contributed by atoms with E-state index in [1.807, 2.05) is 12.1 Å². The molecule has 2 aliphatic rings. The van der Waals surface area contributed by atoms with E-state index in [0.717, 1.165) is 44.2 Å². The monoisotopic (exact) mass is 293 g/mol. The molecule has 0 radical (unpaired) electrons. The van der Waals surface area contributed by atoms with Crippen molar-refractivity contribution < 1.29 is 4.79 Å². The number of carbonyl (C=O) groups excluding carboxylic acids is 1. The van der Waals surface area contributed by atoms with Gasteiger partial charge in [-0.2, -0.15) is 0 Å². The van der Waals surface area contributed by atoms with Gasteiger partial charge < -0.3 is 11.1 Å². The lowest BCUT2D eigenvalue weighted by molar-refractivity contribution is 0.112. The molecule has 1 saturated carbocycles. The fourth-order valence-electron chi connectivity index (χ4n) is 2.26. The minimum atomic E-state index is 0.370. The van der Waals surface area contributed by atoms with E-state index in [2.05, 4.69) is 5.32 Å². The molecule has 1 unspecified atom stereocenters. The van der Waals surface area contributed by atoms with Gasteiger partial charge in [-0.25, -0.2) is 0 Å². The molecular formula is C15H20ClN3O. The van der Waals surface area contributed by atoms with Crippen LogP contribution in [0.15, 0.2) is 18.2 Å². The number of nitrogens with two attached hydrogens (primary N) is 1. The standard InChI is InChI=1S/C11H12ClNO.C4H8N2/c12-11-5-8(7-14)1-2-10(11)9-3-4-13-6-9;5-4(6)3-1-2-3/h1-2,5,7,9,13H,3-4,6H2;3H,1-2H2,(H3,5,6). The van der Waals surface area contributed by atoms with Crippen LogP contribution in [0.5, 0.6) is 0 Å². The highest BCUT2D eigenvalue weighted by Crippen LogP contribution is 2.29. The highest BCUT2D eigenvalue weighted by Gasteiger charge is 2.23. The number of hydrogen-bond donors (Lipinski definition) is 3. The first-order valence-corrected chi connectivity index (χ1v) is 7.29. The maximum atomic E-state index is 10.5. The first kappa shape index (κ1) is 15.0. The fraction of sp³-hybridized carbons (Fsp3) is 0.467. The van der Waals surface area contributed by atoms with Crippen molar-refractivity contribution in [3.05, 3.63) is 34.3 Å². The molecule has 0 spiro atoms. The first-order chi connectivity index (χ1) is 9.61. The van der Waals surface area contributed by atoms with Gasteiger partial charge in [-0.15, -0.1) is 0 Å². The molecule has 1 aromatic rings. The predicted octanol–water partition coefficient (Wildman–Crippen LogP) is 2.56. The van der Waals surface area contributed by atoms with E-state index in [-0.39, 0.29) is 0 Å². The zero-order valence-corrected chi connectivity index (χ0v) is 12.1. The SMILES string of the molecule is N=C(N)C1CC1.O=Cc1ccc(C2CCNC2)c(Cl)c1. The summed E-state index contributed by atoms with van der Waals surface area (Å²) in [6, 6.07) is 5.53. The molecule has 0 bridgehead atoms. The van der Waals surface area contributed by atoms with E-state index in [4.69, 9.17) is 22.7 Å². The van der Waals surface area contributed by atoms with Gasteiger partial charge in [0.05, 0.1) is 5.84 Å². The number of rotatable bonds is 3. The van der Waals surface area contributed by atoms with Crippen LogP contribution in [0.4, 0.5) is 0 Å². The second kappa shape index (κ2) is 6.86. The Morgan fingerprint density at radius 1 is 1.40 bits per heavy atom. The Labute approximate surface area is 124 Å². The molecule has 1 aromatic carbocycles. The smallest absolute Gasteiger partial charge is 0.150 e. The van der Waals surface area contributed by atoms with Gasteiger partial charge in [0, 0.05) is 23.0 Å². The third-order valence-corrected chi connectivity index (χ3v) is 4.01. The van der Waals surface area contributed by atoms with E-state index < -0.39 is 0 Å². The Balaban J connectivity index is 0.000000205. The largest absolute Gasteiger partial charge is 0.387 e. The molecule has 1 aliphatic heterocycles. The lowest BCUT2D eigenvalue weighted by atomic mass is 9.97. The normalized spacial score (nSPS) is 20.9. The fourth-order valence-corrected chi connectivity index (χ4v) is 2.61. The van der Waals surface area contributed by atoms with E-state index in [1.54, 1.807) is 6.07 Å². The van der Waals surface area contributed by atoms with Crippen LogP contribution < -0.4 is 11.1 Å². The van der Waals surface area contributed by atoms with Crippen LogP contribution in [0.1, 0.15) is 41.1 Å². The summed E-state index contributed by atoms with van der Waals surface area (Å²) >= 11 is 6.10. The number of halogens is 1. The minimum Gasteiger partial charge on any atom is -0.387 e. The first-order valence-electron chi connectivity index (χ1n) is 6.91. The average Bonchev–Trinajstić information content (AvgIpc) is 3.16. The molecule has 0 amide bonds. The van der Waals surface area contributed by atoms with E-state index in [9.17, 15) is 4.79 Å². The average molecular weight is 294 g/mol. The van der Waals surface area contributed by atoms with Gasteiger partial charge in [0.1, 0.15) is 6.29 Å². The van der Waals surface area contributed by atoms with E-state index >= 15 is 0 Å². The molecule has 0 aromatic heterocycles. The van der Waals surface area contributed by atoms with Crippen LogP contribution in [0, 0.1) is 11.3 Å². The maximum absolute atomic E-state index is 10.5. The van der Waals surface area contributed by atoms with Crippen LogP contribution in [-0.4, -0.2) is 25.2 Å². The molecule has 1 atom stereocenters. The topological polar surface area (TPSA) is 79.0 Å². The van der Waals surface area contributed by atoms with Crippen molar-refractivity contribution in [3.63, 3.8) is 0 Å². The second-order valence-corrected chi connectivity index (χ2v) is 5.73. The number of aldehydes is 1. The third kappa shape index (κ3) is 4.05. The number of amidine groups is 1. The van der Waals surface area contributed by atoms with Crippen molar-refractivity contribution >= 4 is 23.7 Å². The van der Waals surface area contributed by atoms with Gasteiger partial charge in [0.15, 0.2) is 0 Å². The van der Waals surface area contributed by atoms with Crippen LogP contribution in [0.25, 0.3) is 0 Å². The Bertz CT molecular complexity index is 494. The Morgan fingerprint density at radius 3 is 2.55 bits per heavy atom. The van der Waals surface area contributed by atoms with Crippen molar-refractivity contribution in [1.82, 2.24) is 5.32 Å². The van der Waals surface area contributed by atoms with Gasteiger partial charge in [0.2, 0.25) is 0 Å². The van der Waals surface area contributed by atoms with Crippen molar-refractivity contribution in [2.45, 2.75) is 25.2 Å². The lowest BCUT2D eigenvalue weighted by Crippen LogP contribution is -2.10. The summed E-state index contributed by atoms with van der Waals surface area (Å²) in [6.07, 6.45) is 4.24. The summed E-state index contributed by atoms with van der Waals surface area (Å²) in [5.74, 6) is 1.34. The summed E-state index contributed by atoms with van der Waals surface area (Å²) in [5, 5.41) is 10.8. The Morgan fingerprint density at radius 2 is 2.15 bits per heavy atom. The third-order valence-electron chi connectivity index (χ3n) is 3.68. The highest BCUT2D eigenvalue weighted by atomic mass is 35.5. The Hall–Kier alpha value is -1.39. The molecular weight excluding hydrogens is 274 g/mol. The Kier molecular flexibility index (Phi) is 5.15. The number of benzene rings is 1. The van der Waals surface area contributed by atoms with Crippen LogP contribution in [0.2, 0.25) is 5.02 Å². The van der Waals surface area contributed by atoms with Crippen molar-refractivity contribution in [1.29, 1.82) is 5.41 Å². The van der Waals surface area contributed by atoms with Gasteiger partial charge >= 0.3 is 0 Å². The molecule has 3 rings (SSSR count). The molecule has 5 heteroatoms. The second-order valence-electron chi connectivity index (χ2n) is 5.32. The zero-order valence-electron chi connectivity index (χ0n) is 11.4. The molecule has 1 heterocycles. The number of hydrogen-bond acceptors (Lipinski definition) is 3. The van der Waals surface area contributed by atoms with Gasteiger partial charge in [-0.05, 0) is 43.4 Å². The summed E-state index contributed by atoms with van der Waals surface area (Å²) in [5.41, 5.74) is 6.88. The molecule has 2 fully saturated rings. The van der Waals surface area contributed by atoms with Crippen molar-refractivity contribution in [3.8, 4) is 0 Å².